The zero-order valence-electron chi connectivity index (χ0n) is 15.6. The van der Waals surface area contributed by atoms with Crippen LogP contribution >= 0.6 is 0 Å². The number of benzene rings is 4. The average Bonchev–Trinajstić information content (AvgIpc) is 2.77. The number of hydrogen-bond donors (Lipinski definition) is 0. The van der Waals surface area contributed by atoms with Crippen molar-refractivity contribution in [1.29, 1.82) is 0 Å². The van der Waals surface area contributed by atoms with E-state index in [-0.39, 0.29) is 0 Å². The summed E-state index contributed by atoms with van der Waals surface area (Å²) in [6.07, 6.45) is 0. The van der Waals surface area contributed by atoms with Crippen LogP contribution in [-0.4, -0.2) is 7.11 Å². The van der Waals surface area contributed by atoms with Gasteiger partial charge in [-0.15, -0.1) is 0 Å². The molecule has 1 nitrogen and oxygen atoms in total. The predicted octanol–water partition coefficient (Wildman–Crippen LogP) is 5.65. The predicted molar refractivity (Wildman–Crippen MR) is 115 cm³/mol. The lowest BCUT2D eigenvalue weighted by Gasteiger charge is -1.98. The van der Waals surface area contributed by atoms with Gasteiger partial charge in [-0.3, -0.25) is 0 Å². The van der Waals surface area contributed by atoms with Crippen LogP contribution in [0.4, 0.5) is 0 Å². The summed E-state index contributed by atoms with van der Waals surface area (Å²) in [7, 11) is 1.66. The SMILES string of the molecule is COc1ccc(C#Cc2cccc(C#Cc3ccc4ccccc4c3)c2)cc1. The largest absolute Gasteiger partial charge is 0.497 e. The summed E-state index contributed by atoms with van der Waals surface area (Å²) in [6, 6.07) is 30.3. The highest BCUT2D eigenvalue weighted by molar-refractivity contribution is 5.83. The Morgan fingerprint density at radius 3 is 1.75 bits per heavy atom. The number of methoxy groups -OCH3 is 1. The van der Waals surface area contributed by atoms with Crippen LogP contribution in [0.2, 0.25) is 0 Å². The van der Waals surface area contributed by atoms with E-state index in [9.17, 15) is 0 Å². The first-order valence-corrected chi connectivity index (χ1v) is 9.07. The van der Waals surface area contributed by atoms with Gasteiger partial charge in [0.25, 0.3) is 0 Å². The lowest BCUT2D eigenvalue weighted by Crippen LogP contribution is -1.82. The first-order valence-electron chi connectivity index (χ1n) is 9.07. The van der Waals surface area contributed by atoms with Crippen molar-refractivity contribution in [2.45, 2.75) is 0 Å². The lowest BCUT2D eigenvalue weighted by atomic mass is 10.1. The van der Waals surface area contributed by atoms with E-state index in [2.05, 4.69) is 54.0 Å². The van der Waals surface area contributed by atoms with E-state index in [0.29, 0.717) is 0 Å². The van der Waals surface area contributed by atoms with Crippen molar-refractivity contribution in [2.75, 3.05) is 7.11 Å². The van der Waals surface area contributed by atoms with Crippen LogP contribution in [0.1, 0.15) is 22.3 Å². The molecule has 1 heteroatoms. The van der Waals surface area contributed by atoms with Crippen molar-refractivity contribution in [1.82, 2.24) is 0 Å². The first kappa shape index (κ1) is 17.5. The Kier molecular flexibility index (Phi) is 5.10. The Morgan fingerprint density at radius 2 is 1.07 bits per heavy atom. The molecule has 0 aliphatic carbocycles. The second kappa shape index (κ2) is 8.17. The molecule has 0 aliphatic heterocycles. The van der Waals surface area contributed by atoms with E-state index < -0.39 is 0 Å². The molecule has 132 valence electrons. The van der Waals surface area contributed by atoms with Crippen molar-refractivity contribution in [3.8, 4) is 29.4 Å². The number of rotatable bonds is 1. The van der Waals surface area contributed by atoms with Gasteiger partial charge >= 0.3 is 0 Å². The summed E-state index contributed by atoms with van der Waals surface area (Å²) in [5, 5.41) is 2.43. The van der Waals surface area contributed by atoms with Gasteiger partial charge in [-0.05, 0) is 65.4 Å². The monoisotopic (exact) mass is 358 g/mol. The fraction of sp³-hybridized carbons (Fsp3) is 0.0370. The summed E-state index contributed by atoms with van der Waals surface area (Å²) >= 11 is 0. The normalized spacial score (nSPS) is 9.75. The van der Waals surface area contributed by atoms with E-state index in [1.54, 1.807) is 7.11 Å². The molecule has 0 amide bonds. The average molecular weight is 358 g/mol. The third-order valence-corrected chi connectivity index (χ3v) is 4.40. The smallest absolute Gasteiger partial charge is 0.118 e. The second-order valence-electron chi connectivity index (χ2n) is 6.37. The van der Waals surface area contributed by atoms with E-state index in [1.165, 1.54) is 10.8 Å². The molecule has 28 heavy (non-hydrogen) atoms. The van der Waals surface area contributed by atoms with Gasteiger partial charge in [0.05, 0.1) is 7.11 Å². The molecule has 0 fully saturated rings. The molecular weight excluding hydrogens is 340 g/mol. The first-order chi connectivity index (χ1) is 13.8. The highest BCUT2D eigenvalue weighted by Crippen LogP contribution is 2.15. The molecule has 0 atom stereocenters. The van der Waals surface area contributed by atoms with Gasteiger partial charge in [0.15, 0.2) is 0 Å². The fourth-order valence-electron chi connectivity index (χ4n) is 2.90. The second-order valence-corrected chi connectivity index (χ2v) is 6.37. The molecule has 0 bridgehead atoms. The van der Waals surface area contributed by atoms with E-state index >= 15 is 0 Å². The molecule has 0 unspecified atom stereocenters. The van der Waals surface area contributed by atoms with Gasteiger partial charge in [0.1, 0.15) is 5.75 Å². The van der Waals surface area contributed by atoms with E-state index in [1.807, 2.05) is 60.7 Å². The highest BCUT2D eigenvalue weighted by Gasteiger charge is 1.94. The van der Waals surface area contributed by atoms with Gasteiger partial charge in [-0.1, -0.05) is 60.1 Å². The van der Waals surface area contributed by atoms with Crippen molar-refractivity contribution in [2.24, 2.45) is 0 Å². The molecule has 4 rings (SSSR count). The van der Waals surface area contributed by atoms with Crippen LogP contribution in [0.3, 0.4) is 0 Å². The quantitative estimate of drug-likeness (QED) is 0.400. The number of hydrogen-bond acceptors (Lipinski definition) is 1. The maximum Gasteiger partial charge on any atom is 0.118 e. The van der Waals surface area contributed by atoms with Gasteiger partial charge in [0, 0.05) is 22.3 Å². The van der Waals surface area contributed by atoms with Crippen molar-refractivity contribution >= 4 is 10.8 Å². The Morgan fingerprint density at radius 1 is 0.500 bits per heavy atom. The molecule has 0 aliphatic rings. The standard InChI is InChI=1S/C27H18O/c1-28-27-17-14-21(15-18-27)9-10-22-5-4-6-23(19-22)11-12-24-13-16-25-7-2-3-8-26(25)20-24/h2-8,13-20H,1H3. The highest BCUT2D eigenvalue weighted by atomic mass is 16.5. The maximum atomic E-state index is 5.17. The van der Waals surface area contributed by atoms with Crippen LogP contribution in [0.15, 0.2) is 91.0 Å². The minimum absolute atomic E-state index is 0.830. The summed E-state index contributed by atoms with van der Waals surface area (Å²) in [6.45, 7) is 0. The van der Waals surface area contributed by atoms with Crippen LogP contribution in [-0.2, 0) is 0 Å². The molecule has 0 saturated carbocycles. The Bertz CT molecular complexity index is 1240. The molecule has 0 aromatic heterocycles. The van der Waals surface area contributed by atoms with Crippen LogP contribution < -0.4 is 4.74 Å². The molecule has 4 aromatic carbocycles. The van der Waals surface area contributed by atoms with Gasteiger partial charge in [0.2, 0.25) is 0 Å². The molecule has 0 N–H and O–H groups in total. The molecule has 0 heterocycles. The van der Waals surface area contributed by atoms with Crippen molar-refractivity contribution in [3.63, 3.8) is 0 Å². The van der Waals surface area contributed by atoms with E-state index in [4.69, 9.17) is 4.74 Å². The van der Waals surface area contributed by atoms with E-state index in [0.717, 1.165) is 28.0 Å². The lowest BCUT2D eigenvalue weighted by molar-refractivity contribution is 0.415. The summed E-state index contributed by atoms with van der Waals surface area (Å²) in [4.78, 5) is 0. The minimum atomic E-state index is 0.830. The van der Waals surface area contributed by atoms with Crippen LogP contribution in [0.5, 0.6) is 5.75 Å². The molecule has 0 radical (unpaired) electrons. The van der Waals surface area contributed by atoms with Crippen molar-refractivity contribution in [3.05, 3.63) is 113 Å². The topological polar surface area (TPSA) is 9.23 Å². The third-order valence-electron chi connectivity index (χ3n) is 4.40. The summed E-state index contributed by atoms with van der Waals surface area (Å²) < 4.78 is 5.17. The zero-order valence-corrected chi connectivity index (χ0v) is 15.6. The molecule has 4 aromatic rings. The summed E-state index contributed by atoms with van der Waals surface area (Å²) in [5.74, 6) is 13.7. The van der Waals surface area contributed by atoms with Crippen molar-refractivity contribution < 1.29 is 4.74 Å². The molecule has 0 spiro atoms. The fourth-order valence-corrected chi connectivity index (χ4v) is 2.90. The van der Waals surface area contributed by atoms with Gasteiger partial charge < -0.3 is 4.74 Å². The molecular formula is C27H18O. The number of ether oxygens (including phenoxy) is 1. The Balaban J connectivity index is 1.55. The Labute approximate surface area is 165 Å². The minimum Gasteiger partial charge on any atom is -0.497 e. The molecule has 0 saturated heterocycles. The van der Waals surface area contributed by atoms with Crippen LogP contribution in [0.25, 0.3) is 10.8 Å². The third kappa shape index (κ3) is 4.24. The summed E-state index contributed by atoms with van der Waals surface area (Å²) in [5.41, 5.74) is 3.86. The Hall–Kier alpha value is -3.94. The zero-order chi connectivity index (χ0) is 19.2. The maximum absolute atomic E-state index is 5.17. The number of fused-ring (bicyclic) bond motifs is 1. The van der Waals surface area contributed by atoms with Crippen LogP contribution in [0, 0.1) is 23.7 Å². The van der Waals surface area contributed by atoms with Gasteiger partial charge in [-0.2, -0.15) is 0 Å². The van der Waals surface area contributed by atoms with Gasteiger partial charge in [-0.25, -0.2) is 0 Å².